The number of nitrogens with one attached hydrogen (secondary N) is 1. The van der Waals surface area contributed by atoms with Crippen molar-refractivity contribution in [3.05, 3.63) is 35.9 Å². The fraction of sp³-hybridized carbons (Fsp3) is 0.647. The Labute approximate surface area is 127 Å². The lowest BCUT2D eigenvalue weighted by atomic mass is 9.93. The molecule has 0 radical (unpaired) electrons. The van der Waals surface area contributed by atoms with Crippen LogP contribution in [0.1, 0.15) is 24.4 Å². The molecule has 3 atom stereocenters. The smallest absolute Gasteiger partial charge is 0.0607 e. The Hall–Kier alpha value is -0.940. The van der Waals surface area contributed by atoms with Crippen molar-refractivity contribution in [1.82, 2.24) is 15.1 Å². The molecule has 1 aromatic carbocycles. The molecule has 2 aliphatic heterocycles. The molecule has 21 heavy (non-hydrogen) atoms. The molecule has 2 N–H and O–H groups in total. The SMILES string of the molecule is CN1CCN(C2CC(CO)CCN2)C(c2ccccc2)C1. The largest absolute Gasteiger partial charge is 0.396 e. The summed E-state index contributed by atoms with van der Waals surface area (Å²) in [5.74, 6) is 0.451. The van der Waals surface area contributed by atoms with Gasteiger partial charge in [0.25, 0.3) is 0 Å². The zero-order valence-electron chi connectivity index (χ0n) is 12.9. The predicted octanol–water partition coefficient (Wildman–Crippen LogP) is 1.29. The average Bonchev–Trinajstić information content (AvgIpc) is 2.55. The number of hydrogen-bond acceptors (Lipinski definition) is 4. The summed E-state index contributed by atoms with van der Waals surface area (Å²) in [6.07, 6.45) is 2.55. The lowest BCUT2D eigenvalue weighted by Gasteiger charge is -2.47. The maximum atomic E-state index is 9.48. The fourth-order valence-corrected chi connectivity index (χ4v) is 3.67. The molecule has 2 saturated heterocycles. The molecule has 0 amide bonds. The quantitative estimate of drug-likeness (QED) is 0.879. The van der Waals surface area contributed by atoms with Crippen LogP contribution in [0.15, 0.2) is 30.3 Å². The second-order valence-corrected chi connectivity index (χ2v) is 6.47. The normalized spacial score (nSPS) is 32.2. The van der Waals surface area contributed by atoms with Crippen molar-refractivity contribution in [2.45, 2.75) is 25.0 Å². The van der Waals surface area contributed by atoms with Crippen molar-refractivity contribution >= 4 is 0 Å². The first-order valence-corrected chi connectivity index (χ1v) is 8.11. The van der Waals surface area contributed by atoms with Crippen LogP contribution in [-0.4, -0.2) is 60.9 Å². The summed E-state index contributed by atoms with van der Waals surface area (Å²) in [5.41, 5.74) is 1.40. The van der Waals surface area contributed by atoms with Crippen LogP contribution in [0.5, 0.6) is 0 Å². The average molecular weight is 289 g/mol. The van der Waals surface area contributed by atoms with E-state index in [1.807, 2.05) is 0 Å². The first-order chi connectivity index (χ1) is 10.3. The number of piperazine rings is 1. The van der Waals surface area contributed by atoms with Gasteiger partial charge in [0.1, 0.15) is 0 Å². The van der Waals surface area contributed by atoms with Gasteiger partial charge < -0.3 is 15.3 Å². The van der Waals surface area contributed by atoms with E-state index in [-0.39, 0.29) is 0 Å². The highest BCUT2D eigenvalue weighted by atomic mass is 16.3. The van der Waals surface area contributed by atoms with E-state index in [4.69, 9.17) is 0 Å². The molecule has 2 fully saturated rings. The maximum absolute atomic E-state index is 9.48. The minimum atomic E-state index is 0.321. The molecule has 4 heteroatoms. The summed E-state index contributed by atoms with van der Waals surface area (Å²) in [7, 11) is 2.21. The molecule has 4 nitrogen and oxygen atoms in total. The fourth-order valence-electron chi connectivity index (χ4n) is 3.67. The van der Waals surface area contributed by atoms with Crippen LogP contribution in [0.3, 0.4) is 0 Å². The van der Waals surface area contributed by atoms with Crippen LogP contribution < -0.4 is 5.32 Å². The molecule has 0 aromatic heterocycles. The van der Waals surface area contributed by atoms with Crippen LogP contribution in [0.25, 0.3) is 0 Å². The van der Waals surface area contributed by atoms with Gasteiger partial charge in [-0.1, -0.05) is 30.3 Å². The van der Waals surface area contributed by atoms with Gasteiger partial charge in [0, 0.05) is 32.3 Å². The van der Waals surface area contributed by atoms with E-state index in [1.165, 1.54) is 5.56 Å². The number of nitrogens with zero attached hydrogens (tertiary/aromatic N) is 2. The van der Waals surface area contributed by atoms with Gasteiger partial charge >= 0.3 is 0 Å². The Morgan fingerprint density at radius 3 is 2.81 bits per heavy atom. The number of hydrogen-bond donors (Lipinski definition) is 2. The second kappa shape index (κ2) is 6.88. The van der Waals surface area contributed by atoms with Crippen LogP contribution in [-0.2, 0) is 0 Å². The van der Waals surface area contributed by atoms with Crippen LogP contribution >= 0.6 is 0 Å². The lowest BCUT2D eigenvalue weighted by Crippen LogP contribution is -2.57. The van der Waals surface area contributed by atoms with Crippen LogP contribution in [0.2, 0.25) is 0 Å². The van der Waals surface area contributed by atoms with E-state index in [0.717, 1.165) is 39.0 Å². The first-order valence-electron chi connectivity index (χ1n) is 8.11. The Kier molecular flexibility index (Phi) is 4.91. The molecule has 0 saturated carbocycles. The number of aliphatic hydroxyl groups is 1. The molecule has 3 rings (SSSR count). The number of aliphatic hydroxyl groups excluding tert-OH is 1. The molecule has 2 heterocycles. The molecule has 3 unspecified atom stereocenters. The minimum Gasteiger partial charge on any atom is -0.396 e. The maximum Gasteiger partial charge on any atom is 0.0607 e. The number of benzene rings is 1. The topological polar surface area (TPSA) is 38.7 Å². The van der Waals surface area contributed by atoms with Crippen molar-refractivity contribution in [1.29, 1.82) is 0 Å². The van der Waals surface area contributed by atoms with Crippen LogP contribution in [0, 0.1) is 5.92 Å². The highest BCUT2D eigenvalue weighted by Crippen LogP contribution is 2.29. The highest BCUT2D eigenvalue weighted by Gasteiger charge is 2.34. The van der Waals surface area contributed by atoms with Crippen LogP contribution in [0.4, 0.5) is 0 Å². The third kappa shape index (κ3) is 3.46. The van der Waals surface area contributed by atoms with E-state index in [9.17, 15) is 5.11 Å². The molecular weight excluding hydrogens is 262 g/mol. The highest BCUT2D eigenvalue weighted by molar-refractivity contribution is 5.20. The van der Waals surface area contributed by atoms with Crippen molar-refractivity contribution in [2.24, 2.45) is 5.92 Å². The van der Waals surface area contributed by atoms with Crippen molar-refractivity contribution in [3.63, 3.8) is 0 Å². The Morgan fingerprint density at radius 1 is 1.24 bits per heavy atom. The lowest BCUT2D eigenvalue weighted by molar-refractivity contribution is 0.00959. The third-order valence-electron chi connectivity index (χ3n) is 4.96. The molecule has 0 aliphatic carbocycles. The zero-order chi connectivity index (χ0) is 14.7. The summed E-state index contributed by atoms with van der Waals surface area (Å²) in [6.45, 7) is 4.62. The van der Waals surface area contributed by atoms with E-state index >= 15 is 0 Å². The van der Waals surface area contributed by atoms with Gasteiger partial charge in [-0.25, -0.2) is 0 Å². The molecule has 116 valence electrons. The van der Waals surface area contributed by atoms with Gasteiger partial charge in [0.05, 0.1) is 6.17 Å². The molecule has 2 aliphatic rings. The summed E-state index contributed by atoms with van der Waals surface area (Å²) in [5, 5.41) is 13.1. The summed E-state index contributed by atoms with van der Waals surface area (Å²) >= 11 is 0. The van der Waals surface area contributed by atoms with Crippen molar-refractivity contribution in [2.75, 3.05) is 39.8 Å². The van der Waals surface area contributed by atoms with E-state index < -0.39 is 0 Å². The first kappa shape index (κ1) is 15.0. The number of rotatable bonds is 3. The van der Waals surface area contributed by atoms with Gasteiger partial charge in [0.2, 0.25) is 0 Å². The minimum absolute atomic E-state index is 0.321. The summed E-state index contributed by atoms with van der Waals surface area (Å²) in [4.78, 5) is 5.03. The molecule has 0 spiro atoms. The van der Waals surface area contributed by atoms with Gasteiger partial charge in [-0.05, 0) is 37.9 Å². The molecule has 0 bridgehead atoms. The molecule has 1 aromatic rings. The van der Waals surface area contributed by atoms with E-state index in [1.54, 1.807) is 0 Å². The summed E-state index contributed by atoms with van der Waals surface area (Å²) < 4.78 is 0. The van der Waals surface area contributed by atoms with Crippen molar-refractivity contribution in [3.8, 4) is 0 Å². The third-order valence-corrected chi connectivity index (χ3v) is 4.96. The number of piperidine rings is 1. The predicted molar refractivity (Wildman–Crippen MR) is 85.0 cm³/mol. The standard InChI is InChI=1S/C17H27N3O/c1-19-9-10-20(17-11-14(13-21)7-8-18-17)16(12-19)15-5-3-2-4-6-15/h2-6,14,16-18,21H,7-13H2,1H3. The van der Waals surface area contributed by atoms with Gasteiger partial charge in [-0.15, -0.1) is 0 Å². The van der Waals surface area contributed by atoms with Gasteiger partial charge in [0.15, 0.2) is 0 Å². The Morgan fingerprint density at radius 2 is 2.05 bits per heavy atom. The van der Waals surface area contributed by atoms with Gasteiger partial charge in [-0.3, -0.25) is 4.90 Å². The molecular formula is C17H27N3O. The van der Waals surface area contributed by atoms with Gasteiger partial charge in [-0.2, -0.15) is 0 Å². The van der Waals surface area contributed by atoms with Crippen molar-refractivity contribution < 1.29 is 5.11 Å². The van der Waals surface area contributed by atoms with E-state index in [2.05, 4.69) is 52.5 Å². The van der Waals surface area contributed by atoms with E-state index in [0.29, 0.717) is 24.7 Å². The monoisotopic (exact) mass is 289 g/mol. The Balaban J connectivity index is 1.78. The number of likely N-dealkylation sites (N-methyl/N-ethyl adjacent to an activating group) is 1. The Bertz CT molecular complexity index is 439. The zero-order valence-corrected chi connectivity index (χ0v) is 12.9. The second-order valence-electron chi connectivity index (χ2n) is 6.47. The summed E-state index contributed by atoms with van der Waals surface area (Å²) in [6, 6.07) is 11.3.